The zero-order valence-corrected chi connectivity index (χ0v) is 17.9. The first-order valence-electron chi connectivity index (χ1n) is 11.0. The molecule has 2 heterocycles. The Morgan fingerprint density at radius 1 is 1.06 bits per heavy atom. The van der Waals surface area contributed by atoms with Crippen LogP contribution in [0.3, 0.4) is 0 Å². The highest BCUT2D eigenvalue weighted by molar-refractivity contribution is 5.95. The smallest absolute Gasteiger partial charge is 0.272 e. The van der Waals surface area contributed by atoms with Gasteiger partial charge >= 0.3 is 0 Å². The Hall–Kier alpha value is -3.74. The number of benzene rings is 2. The summed E-state index contributed by atoms with van der Waals surface area (Å²) in [6.07, 6.45) is 7.25. The lowest BCUT2D eigenvalue weighted by molar-refractivity contribution is 0.0925. The highest BCUT2D eigenvalue weighted by atomic mass is 16.1. The normalized spacial score (nSPS) is 18.5. The fraction of sp³-hybridized carbons (Fsp3) is 0.280. The van der Waals surface area contributed by atoms with Gasteiger partial charge in [0.25, 0.3) is 11.5 Å². The number of aromatic amines is 2. The molecule has 1 aliphatic rings. The second-order valence-electron chi connectivity index (χ2n) is 8.52. The molecule has 32 heavy (non-hydrogen) atoms. The standard InChI is InChI=1S/C25H25N5O2/c1-15-12-17(8-11-20(15)18-13-26-27-14-18)24(31)28-19-9-6-16(7-10-19)23-21-4-2-3-5-22(21)25(32)30-29-23/h2-5,8,11-14,16,19H,6-7,9-10H2,1H3,(H,26,27)(H,28,31)(H,30,32). The van der Waals surface area contributed by atoms with E-state index in [1.165, 1.54) is 0 Å². The number of aryl methyl sites for hydroxylation is 1. The summed E-state index contributed by atoms with van der Waals surface area (Å²) in [5.41, 5.74) is 4.59. The zero-order chi connectivity index (χ0) is 22.1. The van der Waals surface area contributed by atoms with Crippen molar-refractivity contribution in [2.24, 2.45) is 0 Å². The van der Waals surface area contributed by atoms with Crippen LogP contribution in [-0.4, -0.2) is 32.3 Å². The molecule has 2 aromatic carbocycles. The van der Waals surface area contributed by atoms with Crippen molar-refractivity contribution in [1.82, 2.24) is 25.7 Å². The lowest BCUT2D eigenvalue weighted by Crippen LogP contribution is -2.37. The van der Waals surface area contributed by atoms with E-state index in [0.717, 1.165) is 53.5 Å². The van der Waals surface area contributed by atoms with Crippen LogP contribution in [0.1, 0.15) is 53.2 Å². The van der Waals surface area contributed by atoms with E-state index < -0.39 is 0 Å². The summed E-state index contributed by atoms with van der Waals surface area (Å²) in [7, 11) is 0. The first-order chi connectivity index (χ1) is 15.6. The maximum Gasteiger partial charge on any atom is 0.272 e. The van der Waals surface area contributed by atoms with E-state index in [-0.39, 0.29) is 23.4 Å². The van der Waals surface area contributed by atoms with Gasteiger partial charge in [-0.3, -0.25) is 14.7 Å². The van der Waals surface area contributed by atoms with E-state index in [2.05, 4.69) is 25.7 Å². The Morgan fingerprint density at radius 2 is 1.84 bits per heavy atom. The summed E-state index contributed by atoms with van der Waals surface area (Å²) in [5.74, 6) is 0.240. The monoisotopic (exact) mass is 427 g/mol. The Bertz CT molecular complexity index is 1320. The quantitative estimate of drug-likeness (QED) is 0.457. The zero-order valence-electron chi connectivity index (χ0n) is 17.9. The molecule has 7 nitrogen and oxygen atoms in total. The fourth-order valence-electron chi connectivity index (χ4n) is 4.75. The molecule has 2 aromatic heterocycles. The minimum Gasteiger partial charge on any atom is -0.349 e. The number of nitrogens with one attached hydrogen (secondary N) is 3. The summed E-state index contributed by atoms with van der Waals surface area (Å²) >= 11 is 0. The third kappa shape index (κ3) is 3.82. The first kappa shape index (κ1) is 20.2. The van der Waals surface area contributed by atoms with Crippen molar-refractivity contribution in [3.8, 4) is 11.1 Å². The number of hydrogen-bond donors (Lipinski definition) is 3. The molecule has 1 saturated carbocycles. The van der Waals surface area contributed by atoms with Crippen LogP contribution in [0, 0.1) is 6.92 Å². The largest absolute Gasteiger partial charge is 0.349 e. The van der Waals surface area contributed by atoms with Gasteiger partial charge in [0.15, 0.2) is 0 Å². The summed E-state index contributed by atoms with van der Waals surface area (Å²) in [4.78, 5) is 24.9. The predicted octanol–water partition coefficient (Wildman–Crippen LogP) is 4.08. The van der Waals surface area contributed by atoms with Gasteiger partial charge < -0.3 is 5.32 Å². The van der Waals surface area contributed by atoms with E-state index in [4.69, 9.17) is 0 Å². The van der Waals surface area contributed by atoms with Gasteiger partial charge in [0.2, 0.25) is 0 Å². The lowest BCUT2D eigenvalue weighted by atomic mass is 9.82. The van der Waals surface area contributed by atoms with Crippen molar-refractivity contribution in [2.45, 2.75) is 44.6 Å². The van der Waals surface area contributed by atoms with E-state index in [0.29, 0.717) is 10.9 Å². The lowest BCUT2D eigenvalue weighted by Gasteiger charge is -2.29. The van der Waals surface area contributed by atoms with Crippen LogP contribution in [-0.2, 0) is 0 Å². The average molecular weight is 428 g/mol. The van der Waals surface area contributed by atoms with Gasteiger partial charge in [-0.2, -0.15) is 10.2 Å². The van der Waals surface area contributed by atoms with Crippen LogP contribution in [0.4, 0.5) is 0 Å². The van der Waals surface area contributed by atoms with Crippen LogP contribution in [0.5, 0.6) is 0 Å². The van der Waals surface area contributed by atoms with E-state index in [9.17, 15) is 9.59 Å². The Labute approximate surface area is 185 Å². The number of carbonyl (C=O) groups excluding carboxylic acids is 1. The number of hydrogen-bond acceptors (Lipinski definition) is 4. The van der Waals surface area contributed by atoms with Crippen molar-refractivity contribution < 1.29 is 4.79 Å². The second-order valence-corrected chi connectivity index (χ2v) is 8.52. The number of H-pyrrole nitrogens is 2. The van der Waals surface area contributed by atoms with E-state index >= 15 is 0 Å². The summed E-state index contributed by atoms with van der Waals surface area (Å²) in [5, 5.41) is 18.6. The van der Waals surface area contributed by atoms with Gasteiger partial charge in [0.1, 0.15) is 0 Å². The molecule has 4 aromatic rings. The molecule has 0 atom stereocenters. The highest BCUT2D eigenvalue weighted by Crippen LogP contribution is 2.34. The fourth-order valence-corrected chi connectivity index (χ4v) is 4.75. The van der Waals surface area contributed by atoms with Crippen LogP contribution >= 0.6 is 0 Å². The van der Waals surface area contributed by atoms with E-state index in [1.807, 2.05) is 55.6 Å². The molecule has 0 bridgehead atoms. The SMILES string of the molecule is Cc1cc(C(=O)NC2CCC(c3n[nH]c(=O)c4ccccc34)CC2)ccc1-c1cn[nH]c1. The van der Waals surface area contributed by atoms with Crippen LogP contribution in [0.15, 0.2) is 59.7 Å². The molecule has 0 aliphatic heterocycles. The number of rotatable bonds is 4. The number of fused-ring (bicyclic) bond motifs is 1. The maximum atomic E-state index is 12.8. The van der Waals surface area contributed by atoms with Gasteiger partial charge in [-0.05, 0) is 61.9 Å². The molecule has 7 heteroatoms. The Morgan fingerprint density at radius 3 is 2.56 bits per heavy atom. The minimum absolute atomic E-state index is 0.0390. The van der Waals surface area contributed by atoms with Crippen molar-refractivity contribution >= 4 is 16.7 Å². The molecule has 0 unspecified atom stereocenters. The molecule has 5 rings (SSSR count). The minimum atomic E-state index is -0.153. The number of carbonyl (C=O) groups is 1. The van der Waals surface area contributed by atoms with Crippen LogP contribution in [0.25, 0.3) is 21.9 Å². The molecule has 0 spiro atoms. The molecule has 1 amide bonds. The predicted molar refractivity (Wildman–Crippen MR) is 124 cm³/mol. The molecular weight excluding hydrogens is 402 g/mol. The number of nitrogens with zero attached hydrogens (tertiary/aromatic N) is 2. The van der Waals surface area contributed by atoms with E-state index in [1.54, 1.807) is 6.20 Å². The molecule has 162 valence electrons. The topological polar surface area (TPSA) is 104 Å². The molecule has 3 N–H and O–H groups in total. The second kappa shape index (κ2) is 8.42. The number of amides is 1. The molecule has 1 aliphatic carbocycles. The highest BCUT2D eigenvalue weighted by Gasteiger charge is 2.26. The molecular formula is C25H25N5O2. The van der Waals surface area contributed by atoms with Crippen molar-refractivity contribution in [3.05, 3.63) is 82.0 Å². The molecule has 1 fully saturated rings. The van der Waals surface area contributed by atoms with Gasteiger partial charge in [0.05, 0.1) is 17.3 Å². The number of aromatic nitrogens is 4. The average Bonchev–Trinajstić information content (AvgIpc) is 3.35. The van der Waals surface area contributed by atoms with Gasteiger partial charge in [-0.1, -0.05) is 24.3 Å². The van der Waals surface area contributed by atoms with Crippen molar-refractivity contribution in [1.29, 1.82) is 0 Å². The third-order valence-electron chi connectivity index (χ3n) is 6.47. The van der Waals surface area contributed by atoms with Crippen LogP contribution < -0.4 is 10.9 Å². The van der Waals surface area contributed by atoms with Gasteiger partial charge in [0, 0.05) is 34.7 Å². The maximum absolute atomic E-state index is 12.8. The van der Waals surface area contributed by atoms with Crippen molar-refractivity contribution in [3.63, 3.8) is 0 Å². The summed E-state index contributed by atoms with van der Waals surface area (Å²) in [6, 6.07) is 13.5. The molecule has 0 saturated heterocycles. The van der Waals surface area contributed by atoms with Gasteiger partial charge in [-0.25, -0.2) is 5.10 Å². The van der Waals surface area contributed by atoms with Crippen LogP contribution in [0.2, 0.25) is 0 Å². The first-order valence-corrected chi connectivity index (χ1v) is 11.0. The summed E-state index contributed by atoms with van der Waals surface area (Å²) in [6.45, 7) is 2.01. The third-order valence-corrected chi connectivity index (χ3v) is 6.47. The van der Waals surface area contributed by atoms with Crippen molar-refractivity contribution in [2.75, 3.05) is 0 Å². The summed E-state index contributed by atoms with van der Waals surface area (Å²) < 4.78 is 0. The van der Waals surface area contributed by atoms with Gasteiger partial charge in [-0.15, -0.1) is 0 Å². The Balaban J connectivity index is 1.25. The Kier molecular flexibility index (Phi) is 5.31. The molecule has 0 radical (unpaired) electrons.